The van der Waals surface area contributed by atoms with Gasteiger partial charge in [-0.05, 0) is 13.8 Å². The third kappa shape index (κ3) is 3.82. The third-order valence-electron chi connectivity index (χ3n) is 4.50. The van der Waals surface area contributed by atoms with Crippen LogP contribution in [0, 0.1) is 6.92 Å². The SMILES string of the molecule is Cc1cc(NC(=O)[C@@H](C)N2CCN(Cc3nccn3C)CC2)no1. The fraction of sp³-hybridized carbons (Fsp3) is 0.562. The van der Waals surface area contributed by atoms with Crippen LogP contribution in [0.4, 0.5) is 5.82 Å². The number of hydrogen-bond donors (Lipinski definition) is 1. The third-order valence-corrected chi connectivity index (χ3v) is 4.50. The molecule has 8 heteroatoms. The maximum atomic E-state index is 12.3. The minimum Gasteiger partial charge on any atom is -0.360 e. The predicted octanol–water partition coefficient (Wildman–Crippen LogP) is 0.861. The Morgan fingerprint density at radius 3 is 2.71 bits per heavy atom. The van der Waals surface area contributed by atoms with Gasteiger partial charge in [0, 0.05) is 51.7 Å². The number of aromatic nitrogens is 3. The predicted molar refractivity (Wildman–Crippen MR) is 89.4 cm³/mol. The normalized spacial score (nSPS) is 17.8. The highest BCUT2D eigenvalue weighted by Crippen LogP contribution is 2.12. The van der Waals surface area contributed by atoms with E-state index in [-0.39, 0.29) is 11.9 Å². The van der Waals surface area contributed by atoms with Crippen LogP contribution < -0.4 is 5.32 Å². The second kappa shape index (κ2) is 7.14. The van der Waals surface area contributed by atoms with Crippen LogP contribution in [0.25, 0.3) is 0 Å². The topological polar surface area (TPSA) is 79.4 Å². The maximum absolute atomic E-state index is 12.3. The number of nitrogens with one attached hydrogen (secondary N) is 1. The number of nitrogens with zero attached hydrogens (tertiary/aromatic N) is 5. The van der Waals surface area contributed by atoms with Crippen LogP contribution in [-0.4, -0.2) is 62.6 Å². The number of piperazine rings is 1. The van der Waals surface area contributed by atoms with Crippen molar-refractivity contribution in [3.05, 3.63) is 30.0 Å². The smallest absolute Gasteiger partial charge is 0.242 e. The number of hydrogen-bond acceptors (Lipinski definition) is 6. The van der Waals surface area contributed by atoms with Gasteiger partial charge in [-0.15, -0.1) is 0 Å². The summed E-state index contributed by atoms with van der Waals surface area (Å²) in [5, 5.41) is 6.60. The average Bonchev–Trinajstić information content (AvgIpc) is 3.16. The van der Waals surface area contributed by atoms with E-state index in [9.17, 15) is 4.79 Å². The monoisotopic (exact) mass is 332 g/mol. The Morgan fingerprint density at radius 2 is 2.12 bits per heavy atom. The fourth-order valence-electron chi connectivity index (χ4n) is 2.88. The second-order valence-corrected chi connectivity index (χ2v) is 6.25. The molecule has 1 aliphatic heterocycles. The fourth-order valence-corrected chi connectivity index (χ4v) is 2.88. The summed E-state index contributed by atoms with van der Waals surface area (Å²) in [6.07, 6.45) is 3.78. The lowest BCUT2D eigenvalue weighted by molar-refractivity contribution is -0.121. The Kier molecular flexibility index (Phi) is 4.96. The first-order chi connectivity index (χ1) is 11.5. The van der Waals surface area contributed by atoms with Gasteiger partial charge < -0.3 is 14.4 Å². The van der Waals surface area contributed by atoms with Gasteiger partial charge >= 0.3 is 0 Å². The van der Waals surface area contributed by atoms with Gasteiger partial charge in [0.25, 0.3) is 0 Å². The zero-order valence-corrected chi connectivity index (χ0v) is 14.4. The lowest BCUT2D eigenvalue weighted by Crippen LogP contribution is -2.52. The maximum Gasteiger partial charge on any atom is 0.242 e. The first-order valence-electron chi connectivity index (χ1n) is 8.19. The standard InChI is InChI=1S/C16H24N6O2/c1-12-10-14(19-24-12)18-16(23)13(2)22-8-6-21(7-9-22)11-15-17-4-5-20(15)3/h4-5,10,13H,6-9,11H2,1-3H3,(H,18,19,23)/t13-/m1/s1. The molecule has 1 N–H and O–H groups in total. The van der Waals surface area contributed by atoms with Crippen molar-refractivity contribution in [2.24, 2.45) is 7.05 Å². The lowest BCUT2D eigenvalue weighted by atomic mass is 10.2. The molecule has 1 fully saturated rings. The molecule has 0 spiro atoms. The van der Waals surface area contributed by atoms with E-state index in [2.05, 4.69) is 25.3 Å². The molecule has 0 unspecified atom stereocenters. The van der Waals surface area contributed by atoms with Crippen LogP contribution in [0.1, 0.15) is 18.5 Å². The molecular formula is C16H24N6O2. The number of imidazole rings is 1. The summed E-state index contributed by atoms with van der Waals surface area (Å²) < 4.78 is 7.02. The highest BCUT2D eigenvalue weighted by molar-refractivity contribution is 5.93. The van der Waals surface area contributed by atoms with E-state index in [1.54, 1.807) is 13.0 Å². The van der Waals surface area contributed by atoms with E-state index in [0.29, 0.717) is 11.6 Å². The largest absolute Gasteiger partial charge is 0.360 e. The molecule has 1 atom stereocenters. The van der Waals surface area contributed by atoms with Crippen molar-refractivity contribution in [1.29, 1.82) is 0 Å². The highest BCUT2D eigenvalue weighted by atomic mass is 16.5. The van der Waals surface area contributed by atoms with Crippen molar-refractivity contribution in [2.45, 2.75) is 26.4 Å². The molecule has 0 aliphatic carbocycles. The molecular weight excluding hydrogens is 308 g/mol. The van der Waals surface area contributed by atoms with Crippen molar-refractivity contribution in [3.63, 3.8) is 0 Å². The van der Waals surface area contributed by atoms with Gasteiger partial charge in [-0.3, -0.25) is 14.6 Å². The molecule has 2 aromatic heterocycles. The summed E-state index contributed by atoms with van der Waals surface area (Å²) in [7, 11) is 2.01. The Hall–Kier alpha value is -2.19. The van der Waals surface area contributed by atoms with Gasteiger partial charge in [-0.2, -0.15) is 0 Å². The number of anilines is 1. The van der Waals surface area contributed by atoms with Crippen LogP contribution in [0.15, 0.2) is 23.0 Å². The number of carbonyl (C=O) groups is 1. The molecule has 24 heavy (non-hydrogen) atoms. The zero-order valence-electron chi connectivity index (χ0n) is 14.4. The number of rotatable bonds is 5. The second-order valence-electron chi connectivity index (χ2n) is 6.25. The van der Waals surface area contributed by atoms with Gasteiger partial charge in [-0.1, -0.05) is 5.16 Å². The molecule has 0 radical (unpaired) electrons. The van der Waals surface area contributed by atoms with Gasteiger partial charge in [0.1, 0.15) is 11.6 Å². The average molecular weight is 332 g/mol. The minimum atomic E-state index is -0.197. The van der Waals surface area contributed by atoms with Crippen LogP contribution in [0.3, 0.4) is 0 Å². The highest BCUT2D eigenvalue weighted by Gasteiger charge is 2.26. The molecule has 1 aliphatic rings. The first kappa shape index (κ1) is 16.7. The molecule has 3 rings (SSSR count). The first-order valence-corrected chi connectivity index (χ1v) is 8.19. The van der Waals surface area contributed by atoms with Crippen molar-refractivity contribution >= 4 is 11.7 Å². The molecule has 1 saturated heterocycles. The summed E-state index contributed by atoms with van der Waals surface area (Å²) in [4.78, 5) is 21.3. The Morgan fingerprint density at radius 1 is 1.38 bits per heavy atom. The van der Waals surface area contributed by atoms with Crippen molar-refractivity contribution in [1.82, 2.24) is 24.5 Å². The van der Waals surface area contributed by atoms with Crippen LogP contribution in [0.5, 0.6) is 0 Å². The van der Waals surface area contributed by atoms with E-state index in [1.165, 1.54) is 0 Å². The van der Waals surface area contributed by atoms with Gasteiger partial charge in [0.05, 0.1) is 12.6 Å². The Balaban J connectivity index is 1.48. The summed E-state index contributed by atoms with van der Waals surface area (Å²) >= 11 is 0. The molecule has 0 saturated carbocycles. The number of aryl methyl sites for hydroxylation is 2. The van der Waals surface area contributed by atoms with Gasteiger partial charge in [-0.25, -0.2) is 4.98 Å². The Labute approximate surface area is 141 Å². The summed E-state index contributed by atoms with van der Waals surface area (Å²) in [6, 6.07) is 1.52. The zero-order chi connectivity index (χ0) is 17.1. The van der Waals surface area contributed by atoms with Gasteiger partial charge in [0.15, 0.2) is 5.82 Å². The van der Waals surface area contributed by atoms with E-state index < -0.39 is 0 Å². The molecule has 130 valence electrons. The van der Waals surface area contributed by atoms with E-state index in [1.807, 2.05) is 30.9 Å². The molecule has 0 aromatic carbocycles. The van der Waals surface area contributed by atoms with Crippen molar-refractivity contribution in [2.75, 3.05) is 31.5 Å². The summed E-state index contributed by atoms with van der Waals surface area (Å²) in [5.41, 5.74) is 0. The minimum absolute atomic E-state index is 0.0548. The van der Waals surface area contributed by atoms with Gasteiger partial charge in [0.2, 0.25) is 5.91 Å². The van der Waals surface area contributed by atoms with Crippen molar-refractivity contribution in [3.8, 4) is 0 Å². The van der Waals surface area contributed by atoms with Crippen LogP contribution in [-0.2, 0) is 18.4 Å². The van der Waals surface area contributed by atoms with Crippen molar-refractivity contribution < 1.29 is 9.32 Å². The summed E-state index contributed by atoms with van der Waals surface area (Å²) in [5.74, 6) is 2.16. The summed E-state index contributed by atoms with van der Waals surface area (Å²) in [6.45, 7) is 8.13. The lowest BCUT2D eigenvalue weighted by Gasteiger charge is -2.37. The molecule has 2 aromatic rings. The Bertz CT molecular complexity index is 686. The quantitative estimate of drug-likeness (QED) is 0.875. The molecule has 3 heterocycles. The number of carbonyl (C=O) groups excluding carboxylic acids is 1. The van der Waals surface area contributed by atoms with E-state index >= 15 is 0 Å². The number of amides is 1. The van der Waals surface area contributed by atoms with E-state index in [4.69, 9.17) is 4.52 Å². The molecule has 0 bridgehead atoms. The molecule has 1 amide bonds. The van der Waals surface area contributed by atoms with E-state index in [0.717, 1.165) is 38.5 Å². The van der Waals surface area contributed by atoms with Crippen LogP contribution >= 0.6 is 0 Å². The van der Waals surface area contributed by atoms with Crippen LogP contribution in [0.2, 0.25) is 0 Å². The molecule has 8 nitrogen and oxygen atoms in total.